The third-order valence-electron chi connectivity index (χ3n) is 2.13. The zero-order chi connectivity index (χ0) is 11.3. The molecule has 5 heteroatoms. The van der Waals surface area contributed by atoms with E-state index in [0.29, 0.717) is 18.7 Å². The van der Waals surface area contributed by atoms with Gasteiger partial charge in [-0.25, -0.2) is 0 Å². The van der Waals surface area contributed by atoms with Crippen molar-refractivity contribution in [1.82, 2.24) is 15.3 Å². The molecule has 0 fully saturated rings. The lowest BCUT2D eigenvalue weighted by Crippen LogP contribution is -2.24. The summed E-state index contributed by atoms with van der Waals surface area (Å²) in [4.78, 5) is 8.03. The molecule has 1 aromatic heterocycles. The molecule has 0 aliphatic rings. The highest BCUT2D eigenvalue weighted by atomic mass is 16.3. The Morgan fingerprint density at radius 3 is 2.73 bits per heavy atom. The Kier molecular flexibility index (Phi) is 4.61. The predicted octanol–water partition coefficient (Wildman–Crippen LogP) is -0.211. The van der Waals surface area contributed by atoms with Crippen LogP contribution in [0, 0.1) is 6.92 Å². The van der Waals surface area contributed by atoms with Gasteiger partial charge in [-0.05, 0) is 26.9 Å². The van der Waals surface area contributed by atoms with E-state index in [2.05, 4.69) is 15.3 Å². The normalized spacial score (nSPS) is 14.9. The topological polar surface area (TPSA) is 78.3 Å². The van der Waals surface area contributed by atoms with Crippen LogP contribution in [0.1, 0.15) is 23.9 Å². The van der Waals surface area contributed by atoms with E-state index >= 15 is 0 Å². The van der Waals surface area contributed by atoms with Gasteiger partial charge in [0.15, 0.2) is 0 Å². The maximum atomic E-state index is 9.76. The first kappa shape index (κ1) is 12.0. The van der Waals surface area contributed by atoms with E-state index < -0.39 is 12.2 Å². The molecule has 0 spiro atoms. The van der Waals surface area contributed by atoms with Gasteiger partial charge in [0.2, 0.25) is 0 Å². The second-order valence-corrected chi connectivity index (χ2v) is 3.49. The van der Waals surface area contributed by atoms with Crippen LogP contribution in [0.3, 0.4) is 0 Å². The van der Waals surface area contributed by atoms with Gasteiger partial charge in [-0.3, -0.25) is 9.97 Å². The predicted molar refractivity (Wildman–Crippen MR) is 56.3 cm³/mol. The molecule has 0 amide bonds. The molecule has 0 aromatic carbocycles. The molecule has 1 aromatic rings. The van der Waals surface area contributed by atoms with Crippen LogP contribution in [0.4, 0.5) is 0 Å². The maximum Gasteiger partial charge on any atom is 0.123 e. The van der Waals surface area contributed by atoms with Gasteiger partial charge in [0.05, 0.1) is 23.7 Å². The average Bonchev–Trinajstić information content (AvgIpc) is 2.24. The summed E-state index contributed by atoms with van der Waals surface area (Å²) >= 11 is 0. The first-order valence-electron chi connectivity index (χ1n) is 4.94. The zero-order valence-corrected chi connectivity index (χ0v) is 9.01. The summed E-state index contributed by atoms with van der Waals surface area (Å²) in [7, 11) is 1.80. The molecular weight excluding hydrogens is 194 g/mol. The second-order valence-electron chi connectivity index (χ2n) is 3.49. The van der Waals surface area contributed by atoms with Crippen molar-refractivity contribution in [1.29, 1.82) is 0 Å². The summed E-state index contributed by atoms with van der Waals surface area (Å²) < 4.78 is 0. The smallest absolute Gasteiger partial charge is 0.123 e. The molecule has 3 N–H and O–H groups in total. The Balaban J connectivity index is 2.62. The van der Waals surface area contributed by atoms with Crippen molar-refractivity contribution in [2.75, 3.05) is 13.6 Å². The first-order chi connectivity index (χ1) is 7.15. The number of aliphatic hydroxyl groups is 2. The Bertz CT molecular complexity index is 306. The van der Waals surface area contributed by atoms with Gasteiger partial charge in [0, 0.05) is 6.20 Å². The van der Waals surface area contributed by atoms with Crippen LogP contribution >= 0.6 is 0 Å². The highest BCUT2D eigenvalue weighted by Crippen LogP contribution is 2.15. The van der Waals surface area contributed by atoms with E-state index in [-0.39, 0.29) is 0 Å². The van der Waals surface area contributed by atoms with Gasteiger partial charge >= 0.3 is 0 Å². The molecule has 0 radical (unpaired) electrons. The number of nitrogens with zero attached hydrogens (tertiary/aromatic N) is 2. The van der Waals surface area contributed by atoms with Crippen molar-refractivity contribution < 1.29 is 10.2 Å². The van der Waals surface area contributed by atoms with Gasteiger partial charge in [-0.2, -0.15) is 0 Å². The van der Waals surface area contributed by atoms with Gasteiger partial charge in [-0.15, -0.1) is 0 Å². The number of nitrogens with one attached hydrogen (secondary N) is 1. The van der Waals surface area contributed by atoms with Crippen LogP contribution in [0.15, 0.2) is 12.4 Å². The van der Waals surface area contributed by atoms with E-state index in [1.807, 2.05) is 0 Å². The fraction of sp³-hybridized carbons (Fsp3) is 0.600. The Hall–Kier alpha value is -1.04. The lowest BCUT2D eigenvalue weighted by molar-refractivity contribution is 0.0112. The summed E-state index contributed by atoms with van der Waals surface area (Å²) in [6, 6.07) is 0. The molecule has 0 aliphatic carbocycles. The molecule has 2 unspecified atom stereocenters. The quantitative estimate of drug-likeness (QED) is 0.628. The summed E-state index contributed by atoms with van der Waals surface area (Å²) in [6.07, 6.45) is 1.78. The highest BCUT2D eigenvalue weighted by molar-refractivity contribution is 5.05. The van der Waals surface area contributed by atoms with Crippen molar-refractivity contribution in [2.24, 2.45) is 0 Å². The van der Waals surface area contributed by atoms with Crippen LogP contribution < -0.4 is 5.32 Å². The molecule has 0 aliphatic heterocycles. The van der Waals surface area contributed by atoms with E-state index in [0.717, 1.165) is 5.69 Å². The van der Waals surface area contributed by atoms with E-state index in [9.17, 15) is 10.2 Å². The van der Waals surface area contributed by atoms with E-state index in [1.165, 1.54) is 6.20 Å². The van der Waals surface area contributed by atoms with Crippen LogP contribution in [-0.2, 0) is 0 Å². The summed E-state index contributed by atoms with van der Waals surface area (Å²) in [5.74, 6) is 0. The van der Waals surface area contributed by atoms with Crippen molar-refractivity contribution in [3.63, 3.8) is 0 Å². The van der Waals surface area contributed by atoms with Crippen LogP contribution in [-0.4, -0.2) is 39.9 Å². The SMILES string of the molecule is CNCCC(O)C(O)c1cncc(C)n1. The maximum absolute atomic E-state index is 9.76. The monoisotopic (exact) mass is 211 g/mol. The first-order valence-corrected chi connectivity index (χ1v) is 4.94. The minimum absolute atomic E-state index is 0.415. The van der Waals surface area contributed by atoms with Crippen LogP contribution in [0.2, 0.25) is 0 Å². The molecule has 0 saturated heterocycles. The molecule has 1 heterocycles. The van der Waals surface area contributed by atoms with Crippen molar-refractivity contribution in [3.05, 3.63) is 23.8 Å². The minimum Gasteiger partial charge on any atom is -0.390 e. The van der Waals surface area contributed by atoms with Gasteiger partial charge < -0.3 is 15.5 Å². The molecule has 0 saturated carbocycles. The minimum atomic E-state index is -0.967. The lowest BCUT2D eigenvalue weighted by Gasteiger charge is -2.16. The fourth-order valence-corrected chi connectivity index (χ4v) is 1.27. The number of aryl methyl sites for hydroxylation is 1. The summed E-state index contributed by atoms with van der Waals surface area (Å²) in [5, 5.41) is 22.3. The third kappa shape index (κ3) is 3.54. The standard InChI is InChI=1S/C10H17N3O2/c1-7-5-12-6-8(13-7)10(15)9(14)3-4-11-2/h5-6,9-11,14-15H,3-4H2,1-2H3. The fourth-order valence-electron chi connectivity index (χ4n) is 1.27. The van der Waals surface area contributed by atoms with Gasteiger partial charge in [0.1, 0.15) is 6.10 Å². The highest BCUT2D eigenvalue weighted by Gasteiger charge is 2.19. The summed E-state index contributed by atoms with van der Waals surface area (Å²) in [6.45, 7) is 2.45. The van der Waals surface area contributed by atoms with E-state index in [1.54, 1.807) is 20.2 Å². The van der Waals surface area contributed by atoms with Gasteiger partial charge in [-0.1, -0.05) is 0 Å². The number of aliphatic hydroxyl groups excluding tert-OH is 2. The average molecular weight is 211 g/mol. The number of aromatic nitrogens is 2. The molecule has 0 bridgehead atoms. The molecule has 2 atom stereocenters. The third-order valence-corrected chi connectivity index (χ3v) is 2.13. The lowest BCUT2D eigenvalue weighted by atomic mass is 10.1. The Labute approximate surface area is 89.2 Å². The molecule has 5 nitrogen and oxygen atoms in total. The molecule has 1 rings (SSSR count). The van der Waals surface area contributed by atoms with Crippen molar-refractivity contribution >= 4 is 0 Å². The number of rotatable bonds is 5. The van der Waals surface area contributed by atoms with Crippen molar-refractivity contribution in [3.8, 4) is 0 Å². The zero-order valence-electron chi connectivity index (χ0n) is 9.01. The molecule has 15 heavy (non-hydrogen) atoms. The second kappa shape index (κ2) is 5.75. The number of hydrogen-bond acceptors (Lipinski definition) is 5. The Morgan fingerprint density at radius 1 is 1.40 bits per heavy atom. The van der Waals surface area contributed by atoms with Crippen molar-refractivity contribution in [2.45, 2.75) is 25.6 Å². The largest absolute Gasteiger partial charge is 0.390 e. The van der Waals surface area contributed by atoms with Crippen LogP contribution in [0.25, 0.3) is 0 Å². The van der Waals surface area contributed by atoms with E-state index in [4.69, 9.17) is 0 Å². The van der Waals surface area contributed by atoms with Crippen LogP contribution in [0.5, 0.6) is 0 Å². The number of hydrogen-bond donors (Lipinski definition) is 3. The van der Waals surface area contributed by atoms with Gasteiger partial charge in [0.25, 0.3) is 0 Å². The summed E-state index contributed by atoms with van der Waals surface area (Å²) in [5.41, 5.74) is 1.14. The molecule has 84 valence electrons. The molecular formula is C10H17N3O2. The Morgan fingerprint density at radius 2 is 2.13 bits per heavy atom.